The van der Waals surface area contributed by atoms with Gasteiger partial charge in [-0.2, -0.15) is 0 Å². The van der Waals surface area contributed by atoms with Crippen LogP contribution in [0.15, 0.2) is 41.7 Å². The van der Waals surface area contributed by atoms with Gasteiger partial charge in [0.2, 0.25) is 0 Å². The lowest BCUT2D eigenvalue weighted by molar-refractivity contribution is 0.476. The SMILES string of the molecule is C[C@H](Cn1ccnc1)NCc1ccc2c(c1)n(C)c(=O)n2C. The molecule has 0 aliphatic carbocycles. The Bertz CT molecular complexity index is 828. The number of aromatic nitrogens is 4. The van der Waals surface area contributed by atoms with Crippen LogP contribution in [0.25, 0.3) is 11.0 Å². The topological polar surface area (TPSA) is 56.8 Å². The molecular formula is C16H21N5O. The van der Waals surface area contributed by atoms with Crippen molar-refractivity contribution in [1.29, 1.82) is 0 Å². The van der Waals surface area contributed by atoms with Crippen molar-refractivity contribution in [3.8, 4) is 0 Å². The molecule has 1 atom stereocenters. The highest BCUT2D eigenvalue weighted by atomic mass is 16.1. The third-order valence-corrected chi connectivity index (χ3v) is 4.03. The Morgan fingerprint density at radius 1 is 1.23 bits per heavy atom. The molecule has 3 rings (SSSR count). The number of nitrogens with zero attached hydrogens (tertiary/aromatic N) is 4. The second-order valence-corrected chi connectivity index (χ2v) is 5.77. The highest BCUT2D eigenvalue weighted by molar-refractivity contribution is 5.76. The standard InChI is InChI=1S/C16H21N5O/c1-12(10-21-7-6-17-11-21)18-9-13-4-5-14-15(8-13)20(3)16(22)19(14)2/h4-8,11-12,18H,9-10H2,1-3H3/t12-/m1/s1. The number of imidazole rings is 2. The Balaban J connectivity index is 1.71. The first kappa shape index (κ1) is 14.6. The summed E-state index contributed by atoms with van der Waals surface area (Å²) in [5, 5.41) is 3.50. The van der Waals surface area contributed by atoms with Crippen LogP contribution >= 0.6 is 0 Å². The zero-order valence-corrected chi connectivity index (χ0v) is 13.2. The molecule has 0 saturated heterocycles. The van der Waals surface area contributed by atoms with Crippen molar-refractivity contribution in [3.63, 3.8) is 0 Å². The van der Waals surface area contributed by atoms with E-state index in [2.05, 4.69) is 33.9 Å². The first-order valence-corrected chi connectivity index (χ1v) is 7.39. The van der Waals surface area contributed by atoms with Crippen molar-refractivity contribution in [2.24, 2.45) is 14.1 Å². The molecule has 1 aromatic carbocycles. The number of nitrogens with one attached hydrogen (secondary N) is 1. The van der Waals surface area contributed by atoms with Gasteiger partial charge in [0, 0.05) is 45.6 Å². The molecule has 0 aliphatic heterocycles. The summed E-state index contributed by atoms with van der Waals surface area (Å²) in [4.78, 5) is 16.0. The third-order valence-electron chi connectivity index (χ3n) is 4.03. The molecule has 22 heavy (non-hydrogen) atoms. The lowest BCUT2D eigenvalue weighted by Gasteiger charge is -2.14. The summed E-state index contributed by atoms with van der Waals surface area (Å²) in [5.74, 6) is 0. The van der Waals surface area contributed by atoms with Crippen molar-refractivity contribution >= 4 is 11.0 Å². The van der Waals surface area contributed by atoms with Crippen LogP contribution in [-0.2, 0) is 27.2 Å². The van der Waals surface area contributed by atoms with Crippen LogP contribution < -0.4 is 11.0 Å². The van der Waals surface area contributed by atoms with E-state index in [1.165, 1.54) is 5.56 Å². The molecule has 0 saturated carbocycles. The van der Waals surface area contributed by atoms with Gasteiger partial charge in [0.25, 0.3) is 0 Å². The van der Waals surface area contributed by atoms with Gasteiger partial charge in [-0.15, -0.1) is 0 Å². The molecule has 0 unspecified atom stereocenters. The van der Waals surface area contributed by atoms with Crippen LogP contribution in [0.1, 0.15) is 12.5 Å². The fraction of sp³-hybridized carbons (Fsp3) is 0.375. The average Bonchev–Trinajstić information content (AvgIpc) is 3.09. The van der Waals surface area contributed by atoms with Gasteiger partial charge in [0.05, 0.1) is 17.4 Å². The Labute approximate surface area is 129 Å². The van der Waals surface area contributed by atoms with Crippen LogP contribution in [0.3, 0.4) is 0 Å². The van der Waals surface area contributed by atoms with E-state index in [0.29, 0.717) is 6.04 Å². The quantitative estimate of drug-likeness (QED) is 0.771. The summed E-state index contributed by atoms with van der Waals surface area (Å²) in [6.45, 7) is 3.80. The third kappa shape index (κ3) is 2.69. The number of fused-ring (bicyclic) bond motifs is 1. The van der Waals surface area contributed by atoms with Gasteiger partial charge >= 0.3 is 5.69 Å². The smallest absolute Gasteiger partial charge is 0.328 e. The molecule has 0 amide bonds. The second kappa shape index (κ2) is 5.81. The van der Waals surface area contributed by atoms with Gasteiger partial charge in [0.15, 0.2) is 0 Å². The summed E-state index contributed by atoms with van der Waals surface area (Å²) in [6, 6.07) is 6.49. The van der Waals surface area contributed by atoms with E-state index in [1.54, 1.807) is 22.4 Å². The summed E-state index contributed by atoms with van der Waals surface area (Å²) in [6.07, 6.45) is 5.57. The maximum absolute atomic E-state index is 11.9. The number of benzene rings is 1. The largest absolute Gasteiger partial charge is 0.336 e. The molecule has 1 N–H and O–H groups in total. The van der Waals surface area contributed by atoms with E-state index in [1.807, 2.05) is 25.6 Å². The summed E-state index contributed by atoms with van der Waals surface area (Å²) < 4.78 is 5.42. The lowest BCUT2D eigenvalue weighted by Crippen LogP contribution is -2.29. The Kier molecular flexibility index (Phi) is 3.85. The fourth-order valence-electron chi connectivity index (χ4n) is 2.73. The van der Waals surface area contributed by atoms with Crippen molar-refractivity contribution < 1.29 is 0 Å². The highest BCUT2D eigenvalue weighted by Crippen LogP contribution is 2.14. The number of rotatable bonds is 5. The van der Waals surface area contributed by atoms with Gasteiger partial charge in [-0.1, -0.05) is 6.07 Å². The van der Waals surface area contributed by atoms with E-state index in [-0.39, 0.29) is 5.69 Å². The highest BCUT2D eigenvalue weighted by Gasteiger charge is 2.08. The van der Waals surface area contributed by atoms with Crippen LogP contribution in [0.5, 0.6) is 0 Å². The minimum absolute atomic E-state index is 0.00795. The van der Waals surface area contributed by atoms with E-state index in [0.717, 1.165) is 24.1 Å². The van der Waals surface area contributed by atoms with E-state index in [9.17, 15) is 4.79 Å². The monoisotopic (exact) mass is 299 g/mol. The first-order chi connectivity index (χ1) is 10.6. The first-order valence-electron chi connectivity index (χ1n) is 7.39. The summed E-state index contributed by atoms with van der Waals surface area (Å²) in [5.41, 5.74) is 3.11. The molecule has 3 aromatic rings. The second-order valence-electron chi connectivity index (χ2n) is 5.77. The lowest BCUT2D eigenvalue weighted by atomic mass is 10.2. The molecule has 0 spiro atoms. The van der Waals surface area contributed by atoms with Crippen molar-refractivity contribution in [2.45, 2.75) is 26.1 Å². The van der Waals surface area contributed by atoms with Crippen molar-refractivity contribution in [1.82, 2.24) is 24.0 Å². The van der Waals surface area contributed by atoms with Gasteiger partial charge in [-0.3, -0.25) is 9.13 Å². The van der Waals surface area contributed by atoms with Crippen molar-refractivity contribution in [2.75, 3.05) is 0 Å². The molecule has 0 fully saturated rings. The molecule has 6 nitrogen and oxygen atoms in total. The maximum Gasteiger partial charge on any atom is 0.328 e. The van der Waals surface area contributed by atoms with Crippen LogP contribution in [0.4, 0.5) is 0 Å². The number of aryl methyl sites for hydroxylation is 2. The zero-order valence-electron chi connectivity index (χ0n) is 13.2. The molecule has 0 radical (unpaired) electrons. The molecule has 116 valence electrons. The molecule has 2 aromatic heterocycles. The van der Waals surface area contributed by atoms with E-state index >= 15 is 0 Å². The zero-order chi connectivity index (χ0) is 15.7. The Morgan fingerprint density at radius 3 is 2.73 bits per heavy atom. The molecular weight excluding hydrogens is 278 g/mol. The minimum Gasteiger partial charge on any atom is -0.336 e. The van der Waals surface area contributed by atoms with Gasteiger partial charge < -0.3 is 9.88 Å². The van der Waals surface area contributed by atoms with Gasteiger partial charge in [-0.25, -0.2) is 9.78 Å². The molecule has 0 bridgehead atoms. The predicted octanol–water partition coefficient (Wildman–Crippen LogP) is 1.25. The molecule has 2 heterocycles. The number of hydrogen-bond donors (Lipinski definition) is 1. The summed E-state index contributed by atoms with van der Waals surface area (Å²) >= 11 is 0. The van der Waals surface area contributed by atoms with Gasteiger partial charge in [-0.05, 0) is 24.6 Å². The Morgan fingerprint density at radius 2 is 2.00 bits per heavy atom. The average molecular weight is 299 g/mol. The predicted molar refractivity (Wildman–Crippen MR) is 86.7 cm³/mol. The van der Waals surface area contributed by atoms with Crippen molar-refractivity contribution in [3.05, 3.63) is 53.0 Å². The van der Waals surface area contributed by atoms with Crippen LogP contribution in [-0.4, -0.2) is 24.7 Å². The van der Waals surface area contributed by atoms with Crippen LogP contribution in [0, 0.1) is 0 Å². The van der Waals surface area contributed by atoms with E-state index < -0.39 is 0 Å². The molecule has 0 aliphatic rings. The Hall–Kier alpha value is -2.34. The normalized spacial score (nSPS) is 12.9. The molecule has 6 heteroatoms. The fourth-order valence-corrected chi connectivity index (χ4v) is 2.73. The summed E-state index contributed by atoms with van der Waals surface area (Å²) in [7, 11) is 3.61. The maximum atomic E-state index is 11.9. The van der Waals surface area contributed by atoms with E-state index in [4.69, 9.17) is 0 Å². The van der Waals surface area contributed by atoms with Crippen LogP contribution in [0.2, 0.25) is 0 Å². The minimum atomic E-state index is 0.00795. The number of hydrogen-bond acceptors (Lipinski definition) is 3. The van der Waals surface area contributed by atoms with Gasteiger partial charge in [0.1, 0.15) is 0 Å².